The first kappa shape index (κ1) is 30.0. The number of likely N-dealkylation sites (tertiary alicyclic amines) is 1. The Morgan fingerprint density at radius 2 is 1.93 bits per heavy atom. The van der Waals surface area contributed by atoms with E-state index in [0.29, 0.717) is 43.8 Å². The van der Waals surface area contributed by atoms with Crippen molar-refractivity contribution >= 4 is 23.5 Å². The standard InChI is InChI=1S/C31H40F2N8O3/c1-20(42)39-13-8-27-26(19-39)30(36-41(27)23-6-11-38(12-7-23)9-4-14-44-31(34)43)40-10-3-5-21-15-24(22-17-35-37(2)18-22)25(29(32)33)16-28(21)40/h15-18,23,29H,3-14,19H2,1-2H3,(H2,34,43). The Hall–Kier alpha value is -4.00. The van der Waals surface area contributed by atoms with Gasteiger partial charge in [0.15, 0.2) is 5.82 Å². The van der Waals surface area contributed by atoms with E-state index < -0.39 is 12.5 Å². The predicted molar refractivity (Wildman–Crippen MR) is 161 cm³/mol. The highest BCUT2D eigenvalue weighted by Crippen LogP contribution is 2.43. The number of hydrogen-bond acceptors (Lipinski definition) is 7. The van der Waals surface area contributed by atoms with Crippen LogP contribution >= 0.6 is 0 Å². The second-order valence-corrected chi connectivity index (χ2v) is 12.0. The van der Waals surface area contributed by atoms with Crippen molar-refractivity contribution in [2.45, 2.75) is 64.5 Å². The molecule has 0 saturated carbocycles. The number of piperidine rings is 1. The topological polar surface area (TPSA) is 115 Å². The molecule has 0 radical (unpaired) electrons. The lowest BCUT2D eigenvalue weighted by atomic mass is 9.92. The monoisotopic (exact) mass is 610 g/mol. The summed E-state index contributed by atoms with van der Waals surface area (Å²) in [5.41, 5.74) is 10.2. The van der Waals surface area contributed by atoms with Crippen LogP contribution < -0.4 is 10.6 Å². The van der Waals surface area contributed by atoms with Gasteiger partial charge in [-0.25, -0.2) is 13.6 Å². The number of nitrogens with zero attached hydrogens (tertiary/aromatic N) is 7. The van der Waals surface area contributed by atoms with Crippen molar-refractivity contribution in [2.75, 3.05) is 44.2 Å². The van der Waals surface area contributed by atoms with E-state index >= 15 is 0 Å². The molecule has 5 heterocycles. The number of primary amides is 1. The Morgan fingerprint density at radius 3 is 2.61 bits per heavy atom. The molecule has 2 amide bonds. The molecular weight excluding hydrogens is 570 g/mol. The van der Waals surface area contributed by atoms with Crippen LogP contribution in [0.1, 0.15) is 67.5 Å². The molecule has 44 heavy (non-hydrogen) atoms. The molecule has 2 aromatic heterocycles. The number of aryl methyl sites for hydroxylation is 2. The highest BCUT2D eigenvalue weighted by Gasteiger charge is 2.34. The second kappa shape index (κ2) is 12.5. The maximum Gasteiger partial charge on any atom is 0.404 e. The molecule has 3 aliphatic heterocycles. The molecule has 3 aromatic rings. The molecular formula is C31H40F2N8O3. The molecule has 1 aromatic carbocycles. The zero-order chi connectivity index (χ0) is 31.0. The molecule has 6 rings (SSSR count). The van der Waals surface area contributed by atoms with Crippen molar-refractivity contribution in [1.29, 1.82) is 0 Å². The van der Waals surface area contributed by atoms with E-state index in [1.807, 2.05) is 11.0 Å². The number of carbonyl (C=O) groups excluding carboxylic acids is 2. The van der Waals surface area contributed by atoms with Crippen LogP contribution in [0.25, 0.3) is 11.1 Å². The summed E-state index contributed by atoms with van der Waals surface area (Å²) in [6, 6.07) is 3.74. The number of ether oxygens (including phenoxy) is 1. The molecule has 13 heteroatoms. The number of fused-ring (bicyclic) bond motifs is 2. The fraction of sp³-hybridized carbons (Fsp3) is 0.548. The molecule has 11 nitrogen and oxygen atoms in total. The van der Waals surface area contributed by atoms with Gasteiger partial charge in [0, 0.05) is 87.4 Å². The molecule has 0 unspecified atom stereocenters. The lowest BCUT2D eigenvalue weighted by Crippen LogP contribution is -2.38. The summed E-state index contributed by atoms with van der Waals surface area (Å²) in [6.07, 6.45) is 4.92. The number of anilines is 2. The van der Waals surface area contributed by atoms with E-state index in [9.17, 15) is 18.4 Å². The van der Waals surface area contributed by atoms with Crippen molar-refractivity contribution in [2.24, 2.45) is 12.8 Å². The summed E-state index contributed by atoms with van der Waals surface area (Å²) in [5.74, 6) is 0.787. The van der Waals surface area contributed by atoms with Gasteiger partial charge >= 0.3 is 6.09 Å². The first-order valence-corrected chi connectivity index (χ1v) is 15.4. The maximum absolute atomic E-state index is 14.5. The summed E-state index contributed by atoms with van der Waals surface area (Å²) in [5, 5.41) is 9.43. The zero-order valence-electron chi connectivity index (χ0n) is 25.3. The van der Waals surface area contributed by atoms with Crippen LogP contribution in [-0.4, -0.2) is 80.7 Å². The molecule has 2 N–H and O–H groups in total. The third-order valence-corrected chi connectivity index (χ3v) is 9.15. The van der Waals surface area contributed by atoms with Crippen LogP contribution in [0.4, 0.5) is 25.1 Å². The van der Waals surface area contributed by atoms with E-state index in [-0.39, 0.29) is 17.5 Å². The van der Waals surface area contributed by atoms with E-state index in [1.165, 1.54) is 0 Å². The van der Waals surface area contributed by atoms with Gasteiger partial charge in [0.25, 0.3) is 6.43 Å². The lowest BCUT2D eigenvalue weighted by Gasteiger charge is -2.34. The second-order valence-electron chi connectivity index (χ2n) is 12.0. The van der Waals surface area contributed by atoms with Gasteiger partial charge in [0.1, 0.15) is 0 Å². The van der Waals surface area contributed by atoms with Crippen molar-refractivity contribution in [3.63, 3.8) is 0 Å². The largest absolute Gasteiger partial charge is 0.450 e. The van der Waals surface area contributed by atoms with Gasteiger partial charge in [0.05, 0.1) is 25.4 Å². The summed E-state index contributed by atoms with van der Waals surface area (Å²) >= 11 is 0. The average molecular weight is 611 g/mol. The van der Waals surface area contributed by atoms with Gasteiger partial charge in [-0.1, -0.05) is 0 Å². The highest BCUT2D eigenvalue weighted by molar-refractivity contribution is 5.78. The maximum atomic E-state index is 14.5. The number of hydrogen-bond donors (Lipinski definition) is 1. The number of carbonyl (C=O) groups is 2. The minimum absolute atomic E-state index is 0.0168. The van der Waals surface area contributed by atoms with Gasteiger partial charge < -0.3 is 25.2 Å². The minimum atomic E-state index is -2.65. The lowest BCUT2D eigenvalue weighted by molar-refractivity contribution is -0.129. The number of aromatic nitrogens is 4. The number of amides is 2. The molecule has 0 spiro atoms. The smallest absolute Gasteiger partial charge is 0.404 e. The van der Waals surface area contributed by atoms with Crippen LogP contribution in [0.2, 0.25) is 0 Å². The molecule has 1 saturated heterocycles. The Balaban J connectivity index is 1.31. The van der Waals surface area contributed by atoms with Gasteiger partial charge in [-0.3, -0.25) is 14.2 Å². The average Bonchev–Trinajstić information content (AvgIpc) is 3.62. The van der Waals surface area contributed by atoms with E-state index in [0.717, 1.165) is 80.1 Å². The van der Waals surface area contributed by atoms with Crippen LogP contribution in [0, 0.1) is 0 Å². The van der Waals surface area contributed by atoms with Crippen molar-refractivity contribution in [3.05, 3.63) is 46.9 Å². The predicted octanol–water partition coefficient (Wildman–Crippen LogP) is 4.33. The number of benzene rings is 1. The summed E-state index contributed by atoms with van der Waals surface area (Å²) < 4.78 is 37.7. The van der Waals surface area contributed by atoms with Crippen molar-refractivity contribution < 1.29 is 23.1 Å². The van der Waals surface area contributed by atoms with Gasteiger partial charge in [-0.2, -0.15) is 10.2 Å². The molecule has 3 aliphatic rings. The molecule has 1 fully saturated rings. The fourth-order valence-corrected chi connectivity index (χ4v) is 6.92. The van der Waals surface area contributed by atoms with Gasteiger partial charge in [-0.05, 0) is 55.4 Å². The normalized spacial score (nSPS) is 17.6. The Labute approximate surface area is 255 Å². The van der Waals surface area contributed by atoms with E-state index in [2.05, 4.69) is 19.6 Å². The van der Waals surface area contributed by atoms with Gasteiger partial charge in [-0.15, -0.1) is 0 Å². The van der Waals surface area contributed by atoms with Crippen LogP contribution in [-0.2, 0) is 36.0 Å². The molecule has 0 atom stereocenters. The number of rotatable bonds is 8. The molecule has 0 bridgehead atoms. The highest BCUT2D eigenvalue weighted by atomic mass is 19.3. The summed E-state index contributed by atoms with van der Waals surface area (Å²) in [7, 11) is 1.78. The van der Waals surface area contributed by atoms with Crippen LogP contribution in [0.5, 0.6) is 0 Å². The number of halogens is 2. The van der Waals surface area contributed by atoms with E-state index in [1.54, 1.807) is 37.1 Å². The zero-order valence-corrected chi connectivity index (χ0v) is 25.3. The third kappa shape index (κ3) is 6.01. The first-order valence-electron chi connectivity index (χ1n) is 15.4. The summed E-state index contributed by atoms with van der Waals surface area (Å²) in [4.78, 5) is 29.6. The first-order chi connectivity index (χ1) is 21.2. The summed E-state index contributed by atoms with van der Waals surface area (Å²) in [6.45, 7) is 6.27. The Morgan fingerprint density at radius 1 is 1.14 bits per heavy atom. The van der Waals surface area contributed by atoms with E-state index in [4.69, 9.17) is 15.6 Å². The number of nitrogens with two attached hydrogens (primary N) is 1. The van der Waals surface area contributed by atoms with Crippen molar-refractivity contribution in [1.82, 2.24) is 29.4 Å². The minimum Gasteiger partial charge on any atom is -0.450 e. The van der Waals surface area contributed by atoms with Crippen LogP contribution in [0.3, 0.4) is 0 Å². The van der Waals surface area contributed by atoms with Crippen LogP contribution in [0.15, 0.2) is 24.5 Å². The molecule has 236 valence electrons. The SMILES string of the molecule is CC(=O)N1CCc2c(c(N3CCCc4cc(-c5cnn(C)c5)c(C(F)F)cc43)nn2C2CCN(CCCOC(N)=O)CC2)C1. The number of alkyl halides is 2. The Kier molecular flexibility index (Phi) is 8.57. The molecule has 0 aliphatic carbocycles. The van der Waals surface area contributed by atoms with Crippen molar-refractivity contribution in [3.8, 4) is 11.1 Å². The fourth-order valence-electron chi connectivity index (χ4n) is 6.92. The quantitative estimate of drug-likeness (QED) is 0.378. The van der Waals surface area contributed by atoms with Gasteiger partial charge in [0.2, 0.25) is 5.91 Å². The Bertz CT molecular complexity index is 1530. The third-order valence-electron chi connectivity index (χ3n) is 9.15.